The molecular weight excluding hydrogens is 269 g/mol. The molecule has 7 N–H and O–H groups in total. The summed E-state index contributed by atoms with van der Waals surface area (Å²) in [5, 5.41) is 22.0. The second-order valence-corrected chi connectivity index (χ2v) is 5.26. The van der Waals surface area contributed by atoms with E-state index in [0.717, 1.165) is 0 Å². The summed E-state index contributed by atoms with van der Waals surface area (Å²) in [7, 11) is 1.45. The third kappa shape index (κ3) is 3.64. The molecule has 20 heavy (non-hydrogen) atoms. The summed E-state index contributed by atoms with van der Waals surface area (Å²) in [4.78, 5) is 11.7. The number of nitrogens with two attached hydrogens (primary N) is 2. The van der Waals surface area contributed by atoms with E-state index in [9.17, 15) is 19.4 Å². The number of carbonyl (C=O) groups excluding carboxylic acids is 1. The summed E-state index contributed by atoms with van der Waals surface area (Å²) in [5.74, 6) is -0.991. The van der Waals surface area contributed by atoms with Gasteiger partial charge in [-0.3, -0.25) is 4.79 Å². The highest BCUT2D eigenvalue weighted by atomic mass is 19.1. The van der Waals surface area contributed by atoms with E-state index < -0.39 is 43.0 Å². The van der Waals surface area contributed by atoms with Crippen molar-refractivity contribution in [3.05, 3.63) is 0 Å². The van der Waals surface area contributed by atoms with Crippen molar-refractivity contribution in [3.8, 4) is 0 Å². The Balaban J connectivity index is 2.69. The number of methoxy groups -OCH3 is 1. The largest absolute Gasteiger partial charge is 0.388 e. The van der Waals surface area contributed by atoms with Crippen LogP contribution in [0.4, 0.5) is 4.39 Å². The lowest BCUT2D eigenvalue weighted by Crippen LogP contribution is -2.61. The lowest BCUT2D eigenvalue weighted by atomic mass is 9.79. The van der Waals surface area contributed by atoms with Gasteiger partial charge in [-0.05, 0) is 6.42 Å². The Labute approximate surface area is 117 Å². The molecule has 0 saturated heterocycles. The predicted octanol–water partition coefficient (Wildman–Crippen LogP) is -2.13. The zero-order valence-corrected chi connectivity index (χ0v) is 11.7. The number of carbonyl (C=O) groups is 1. The van der Waals surface area contributed by atoms with Gasteiger partial charge in [-0.25, -0.2) is 4.39 Å². The Kier molecular flexibility index (Phi) is 6.28. The second kappa shape index (κ2) is 7.28. The normalized spacial score (nSPS) is 37.2. The van der Waals surface area contributed by atoms with Crippen LogP contribution < -0.4 is 16.8 Å². The summed E-state index contributed by atoms with van der Waals surface area (Å²) >= 11 is 0. The first-order valence-corrected chi connectivity index (χ1v) is 6.62. The van der Waals surface area contributed by atoms with Crippen molar-refractivity contribution in [2.45, 2.75) is 49.9 Å². The number of hydrogen-bond donors (Lipinski definition) is 5. The minimum absolute atomic E-state index is 0.0777. The van der Waals surface area contributed by atoms with Crippen LogP contribution >= 0.6 is 0 Å². The summed E-state index contributed by atoms with van der Waals surface area (Å²) in [6.07, 6.45) is -4.88. The number of ether oxygens (including phenoxy) is 1. The number of halogens is 1. The van der Waals surface area contributed by atoms with Crippen molar-refractivity contribution in [2.24, 2.45) is 17.4 Å². The quantitative estimate of drug-likeness (QED) is 0.393. The fourth-order valence-electron chi connectivity index (χ4n) is 2.49. The Morgan fingerprint density at radius 3 is 2.70 bits per heavy atom. The topological polar surface area (TPSA) is 131 Å². The molecule has 1 saturated carbocycles. The molecule has 0 spiro atoms. The first-order chi connectivity index (χ1) is 9.33. The van der Waals surface area contributed by atoms with Crippen molar-refractivity contribution in [2.75, 3.05) is 13.7 Å². The summed E-state index contributed by atoms with van der Waals surface area (Å²) in [6.45, 7) is 1.39. The van der Waals surface area contributed by atoms with Crippen LogP contribution in [0, 0.1) is 5.92 Å². The summed E-state index contributed by atoms with van der Waals surface area (Å²) < 4.78 is 18.4. The smallest absolute Gasteiger partial charge is 0.252 e. The lowest BCUT2D eigenvalue weighted by Gasteiger charge is -2.42. The molecule has 1 fully saturated rings. The number of rotatable bonds is 5. The molecule has 0 aromatic heterocycles. The van der Waals surface area contributed by atoms with Gasteiger partial charge in [0.2, 0.25) is 0 Å². The molecule has 0 aliphatic heterocycles. The maximum absolute atomic E-state index is 13.2. The molecule has 0 bridgehead atoms. The standard InChI is InChI=1S/C12H24FN3O4/c1-5-7(15)3-8(10(18)11(5)20-2)16-12(19)9(17)6(13)4-14/h5-11,17-18H,3-4,14-15H2,1-2H3,(H,16,19)/t5-,6?,7+,8-,9?,10?,11+/m1/s1. The first-order valence-electron chi connectivity index (χ1n) is 6.62. The van der Waals surface area contributed by atoms with Gasteiger partial charge < -0.3 is 31.7 Å². The molecule has 0 aromatic carbocycles. The van der Waals surface area contributed by atoms with Gasteiger partial charge in [0, 0.05) is 25.6 Å². The van der Waals surface area contributed by atoms with E-state index in [0.29, 0.717) is 6.42 Å². The predicted molar refractivity (Wildman–Crippen MR) is 70.4 cm³/mol. The maximum Gasteiger partial charge on any atom is 0.252 e. The van der Waals surface area contributed by atoms with E-state index in [-0.39, 0.29) is 12.0 Å². The Morgan fingerprint density at radius 1 is 1.60 bits per heavy atom. The van der Waals surface area contributed by atoms with Crippen molar-refractivity contribution >= 4 is 5.91 Å². The molecular formula is C12H24FN3O4. The molecule has 118 valence electrons. The summed E-state index contributed by atoms with van der Waals surface area (Å²) in [6, 6.07) is -0.972. The van der Waals surface area contributed by atoms with Crippen LogP contribution in [0.15, 0.2) is 0 Å². The average molecular weight is 293 g/mol. The van der Waals surface area contributed by atoms with E-state index in [2.05, 4.69) is 5.32 Å². The zero-order valence-electron chi connectivity index (χ0n) is 11.7. The van der Waals surface area contributed by atoms with Crippen LogP contribution in [0.3, 0.4) is 0 Å². The van der Waals surface area contributed by atoms with Crippen LogP contribution in [0.5, 0.6) is 0 Å². The van der Waals surface area contributed by atoms with Crippen molar-refractivity contribution < 1.29 is 24.1 Å². The molecule has 3 unspecified atom stereocenters. The third-order valence-electron chi connectivity index (χ3n) is 3.90. The molecule has 0 aromatic rings. The van der Waals surface area contributed by atoms with Crippen molar-refractivity contribution in [1.29, 1.82) is 0 Å². The van der Waals surface area contributed by atoms with E-state index in [1.165, 1.54) is 7.11 Å². The number of alkyl halides is 1. The number of aliphatic hydroxyl groups excluding tert-OH is 2. The zero-order chi connectivity index (χ0) is 15.4. The monoisotopic (exact) mass is 293 g/mol. The van der Waals surface area contributed by atoms with Crippen molar-refractivity contribution in [1.82, 2.24) is 5.32 Å². The third-order valence-corrected chi connectivity index (χ3v) is 3.90. The van der Waals surface area contributed by atoms with Crippen LogP contribution in [0.2, 0.25) is 0 Å². The first kappa shape index (κ1) is 17.3. The SMILES string of the molecule is CO[C@@H]1C(O)[C@H](NC(=O)C(O)C(F)CN)C[C@H](N)[C@H]1C. The number of aliphatic hydroxyl groups is 2. The van der Waals surface area contributed by atoms with Crippen molar-refractivity contribution in [3.63, 3.8) is 0 Å². The highest BCUT2D eigenvalue weighted by molar-refractivity contribution is 5.81. The van der Waals surface area contributed by atoms with E-state index in [1.54, 1.807) is 0 Å². The van der Waals surface area contributed by atoms with Crippen LogP contribution in [-0.2, 0) is 9.53 Å². The van der Waals surface area contributed by atoms with Gasteiger partial charge in [0.25, 0.3) is 5.91 Å². The molecule has 7 nitrogen and oxygen atoms in total. The van der Waals surface area contributed by atoms with E-state index in [1.807, 2.05) is 6.92 Å². The minimum Gasteiger partial charge on any atom is -0.388 e. The highest BCUT2D eigenvalue weighted by Crippen LogP contribution is 2.26. The molecule has 0 radical (unpaired) electrons. The Bertz CT molecular complexity index is 334. The van der Waals surface area contributed by atoms with Gasteiger partial charge in [-0.15, -0.1) is 0 Å². The van der Waals surface area contributed by atoms with Gasteiger partial charge in [-0.2, -0.15) is 0 Å². The van der Waals surface area contributed by atoms with Crippen LogP contribution in [0.25, 0.3) is 0 Å². The molecule has 8 heteroatoms. The Morgan fingerprint density at radius 2 is 2.20 bits per heavy atom. The molecule has 1 aliphatic rings. The van der Waals surface area contributed by atoms with Gasteiger partial charge in [-0.1, -0.05) is 6.92 Å². The lowest BCUT2D eigenvalue weighted by molar-refractivity contribution is -0.137. The Hall–Kier alpha value is -0.800. The minimum atomic E-state index is -1.86. The molecule has 1 rings (SSSR count). The van der Waals surface area contributed by atoms with E-state index in [4.69, 9.17) is 16.2 Å². The maximum atomic E-state index is 13.2. The fourth-order valence-corrected chi connectivity index (χ4v) is 2.49. The fraction of sp³-hybridized carbons (Fsp3) is 0.917. The number of amides is 1. The molecule has 0 heterocycles. The molecule has 1 amide bonds. The van der Waals surface area contributed by atoms with Crippen LogP contribution in [0.1, 0.15) is 13.3 Å². The molecule has 1 aliphatic carbocycles. The van der Waals surface area contributed by atoms with Gasteiger partial charge in [0.15, 0.2) is 6.10 Å². The second-order valence-electron chi connectivity index (χ2n) is 5.26. The average Bonchev–Trinajstić information content (AvgIpc) is 2.43. The van der Waals surface area contributed by atoms with Gasteiger partial charge in [0.1, 0.15) is 12.3 Å². The highest BCUT2D eigenvalue weighted by Gasteiger charge is 2.42. The van der Waals surface area contributed by atoms with Gasteiger partial charge >= 0.3 is 0 Å². The number of nitrogens with one attached hydrogen (secondary N) is 1. The van der Waals surface area contributed by atoms with Gasteiger partial charge in [0.05, 0.1) is 12.1 Å². The van der Waals surface area contributed by atoms with E-state index >= 15 is 0 Å². The summed E-state index contributed by atoms with van der Waals surface area (Å²) in [5.41, 5.74) is 11.0. The molecule has 7 atom stereocenters. The van der Waals surface area contributed by atoms with Crippen LogP contribution in [-0.4, -0.2) is 66.3 Å². The number of hydrogen-bond acceptors (Lipinski definition) is 6.